The van der Waals surface area contributed by atoms with E-state index >= 15 is 0 Å². The number of fused-ring (bicyclic) bond motifs is 1. The Bertz CT molecular complexity index is 1200. The van der Waals surface area contributed by atoms with Crippen molar-refractivity contribution in [3.63, 3.8) is 0 Å². The Morgan fingerprint density at radius 1 is 1.17 bits per heavy atom. The van der Waals surface area contributed by atoms with E-state index in [1.807, 2.05) is 48.5 Å². The van der Waals surface area contributed by atoms with E-state index in [2.05, 4.69) is 10.2 Å². The van der Waals surface area contributed by atoms with Gasteiger partial charge < -0.3 is 10.1 Å². The van der Waals surface area contributed by atoms with Gasteiger partial charge in [-0.15, -0.1) is 0 Å². The molecule has 1 N–H and O–H groups in total. The van der Waals surface area contributed by atoms with Crippen LogP contribution in [0.3, 0.4) is 0 Å². The van der Waals surface area contributed by atoms with Gasteiger partial charge in [0.2, 0.25) is 5.91 Å². The number of hydrogen-bond donors (Lipinski definition) is 1. The topological polar surface area (TPSA) is 76.5 Å². The van der Waals surface area contributed by atoms with Crippen molar-refractivity contribution in [2.24, 2.45) is 0 Å². The summed E-state index contributed by atoms with van der Waals surface area (Å²) >= 11 is 6.05. The van der Waals surface area contributed by atoms with Crippen molar-refractivity contribution < 1.29 is 9.53 Å². The zero-order chi connectivity index (χ0) is 24.6. The van der Waals surface area contributed by atoms with E-state index in [4.69, 9.17) is 21.4 Å². The summed E-state index contributed by atoms with van der Waals surface area (Å²) in [6.45, 7) is 3.46. The van der Waals surface area contributed by atoms with Crippen molar-refractivity contribution >= 4 is 28.3 Å². The van der Waals surface area contributed by atoms with Crippen LogP contribution in [0.4, 0.5) is 0 Å². The second kappa shape index (κ2) is 12.3. The van der Waals surface area contributed by atoms with Gasteiger partial charge in [0, 0.05) is 56.1 Å². The summed E-state index contributed by atoms with van der Waals surface area (Å²) in [5.41, 5.74) is 1.93. The fourth-order valence-corrected chi connectivity index (χ4v) is 4.88. The lowest BCUT2D eigenvalue weighted by Crippen LogP contribution is -2.41. The number of methoxy groups -OCH3 is 1. The van der Waals surface area contributed by atoms with E-state index < -0.39 is 0 Å². The van der Waals surface area contributed by atoms with Gasteiger partial charge in [-0.1, -0.05) is 41.9 Å². The Labute approximate surface area is 211 Å². The number of aromatic nitrogens is 2. The van der Waals surface area contributed by atoms with Gasteiger partial charge in [-0.05, 0) is 49.6 Å². The number of hydrogen-bond acceptors (Lipinski definition) is 5. The lowest BCUT2D eigenvalue weighted by molar-refractivity contribution is -0.121. The summed E-state index contributed by atoms with van der Waals surface area (Å²) < 4.78 is 6.64. The molecule has 1 saturated heterocycles. The largest absolute Gasteiger partial charge is 0.385 e. The first-order valence-corrected chi connectivity index (χ1v) is 12.7. The number of rotatable bonds is 11. The first-order valence-electron chi connectivity index (χ1n) is 12.3. The standard InChI is InChI=1S/C27H33ClN4O3/c1-35-17-5-9-26(33)29-14-16-31-15-4-6-22(31)19-32-27(34)24-8-3-2-7-23(24)25(30-32)18-20-10-12-21(28)13-11-20/h2-3,7-8,10-13,22H,4-6,9,14-19H2,1H3,(H,29,33). The van der Waals surface area contributed by atoms with Gasteiger partial charge >= 0.3 is 0 Å². The number of ether oxygens (including phenoxy) is 1. The molecule has 1 atom stereocenters. The maximum absolute atomic E-state index is 13.3. The summed E-state index contributed by atoms with van der Waals surface area (Å²) in [6.07, 6.45) is 3.91. The minimum Gasteiger partial charge on any atom is -0.385 e. The van der Waals surface area contributed by atoms with Gasteiger partial charge in [0.25, 0.3) is 5.56 Å². The highest BCUT2D eigenvalue weighted by Crippen LogP contribution is 2.21. The second-order valence-corrected chi connectivity index (χ2v) is 9.50. The molecule has 8 heteroatoms. The van der Waals surface area contributed by atoms with Crippen LogP contribution in [0.2, 0.25) is 5.02 Å². The molecule has 3 aromatic rings. The van der Waals surface area contributed by atoms with E-state index in [9.17, 15) is 9.59 Å². The van der Waals surface area contributed by atoms with Crippen molar-refractivity contribution in [3.05, 3.63) is 75.2 Å². The Morgan fingerprint density at radius 2 is 1.94 bits per heavy atom. The highest BCUT2D eigenvalue weighted by Gasteiger charge is 2.26. The molecular weight excluding hydrogens is 464 g/mol. The third kappa shape index (κ3) is 6.69. The fourth-order valence-electron chi connectivity index (χ4n) is 4.76. The number of nitrogens with zero attached hydrogens (tertiary/aromatic N) is 3. The highest BCUT2D eigenvalue weighted by molar-refractivity contribution is 6.30. The minimum atomic E-state index is -0.0567. The maximum atomic E-state index is 13.3. The molecule has 1 aromatic heterocycles. The molecule has 0 radical (unpaired) electrons. The molecule has 2 heterocycles. The molecule has 1 unspecified atom stereocenters. The molecule has 1 fully saturated rings. The zero-order valence-electron chi connectivity index (χ0n) is 20.2. The van der Waals surface area contributed by atoms with Crippen LogP contribution < -0.4 is 10.9 Å². The van der Waals surface area contributed by atoms with Gasteiger partial charge in [-0.3, -0.25) is 14.5 Å². The van der Waals surface area contributed by atoms with Gasteiger partial charge in [0.1, 0.15) is 0 Å². The van der Waals surface area contributed by atoms with E-state index in [1.165, 1.54) is 0 Å². The van der Waals surface area contributed by atoms with Gasteiger partial charge in [-0.25, -0.2) is 4.68 Å². The van der Waals surface area contributed by atoms with Crippen LogP contribution in [0.25, 0.3) is 10.8 Å². The monoisotopic (exact) mass is 496 g/mol. The first-order chi connectivity index (χ1) is 17.0. The average molecular weight is 497 g/mol. The lowest BCUT2D eigenvalue weighted by atomic mass is 10.0. The van der Waals surface area contributed by atoms with E-state index in [-0.39, 0.29) is 17.5 Å². The summed E-state index contributed by atoms with van der Waals surface area (Å²) in [4.78, 5) is 27.6. The normalized spacial score (nSPS) is 16.1. The van der Waals surface area contributed by atoms with Gasteiger partial charge in [-0.2, -0.15) is 5.10 Å². The zero-order valence-corrected chi connectivity index (χ0v) is 21.0. The van der Waals surface area contributed by atoms with Gasteiger partial charge in [0.15, 0.2) is 0 Å². The SMILES string of the molecule is COCCCC(=O)NCCN1CCCC1Cn1nc(Cc2ccc(Cl)cc2)c2ccccc2c1=O. The average Bonchev–Trinajstić information content (AvgIpc) is 3.30. The second-order valence-electron chi connectivity index (χ2n) is 9.06. The molecule has 1 aliphatic heterocycles. The summed E-state index contributed by atoms with van der Waals surface area (Å²) in [6, 6.07) is 15.7. The number of benzene rings is 2. The number of nitrogens with one attached hydrogen (secondary N) is 1. The molecule has 0 saturated carbocycles. The number of likely N-dealkylation sites (tertiary alicyclic amines) is 1. The van der Waals surface area contributed by atoms with Crippen LogP contribution in [0, 0.1) is 0 Å². The van der Waals surface area contributed by atoms with Crippen LogP contribution >= 0.6 is 11.6 Å². The van der Waals surface area contributed by atoms with Crippen LogP contribution in [-0.4, -0.2) is 60.0 Å². The van der Waals surface area contributed by atoms with Crippen molar-refractivity contribution in [3.8, 4) is 0 Å². The van der Waals surface area contributed by atoms with Crippen molar-refractivity contribution in [2.45, 2.75) is 44.7 Å². The fraction of sp³-hybridized carbons (Fsp3) is 0.444. The highest BCUT2D eigenvalue weighted by atomic mass is 35.5. The van der Waals surface area contributed by atoms with Gasteiger partial charge in [0.05, 0.1) is 17.6 Å². The number of amides is 1. The van der Waals surface area contributed by atoms with Crippen molar-refractivity contribution in [2.75, 3.05) is 33.4 Å². The molecule has 0 bridgehead atoms. The molecular formula is C27H33ClN4O3. The third-order valence-electron chi connectivity index (χ3n) is 6.59. The molecule has 35 heavy (non-hydrogen) atoms. The third-order valence-corrected chi connectivity index (χ3v) is 6.84. The maximum Gasteiger partial charge on any atom is 0.274 e. The smallest absolute Gasteiger partial charge is 0.274 e. The van der Waals surface area contributed by atoms with E-state index in [0.717, 1.165) is 49.0 Å². The summed E-state index contributed by atoms with van der Waals surface area (Å²) in [5.74, 6) is 0.0528. The van der Waals surface area contributed by atoms with Crippen molar-refractivity contribution in [1.82, 2.24) is 20.0 Å². The predicted octanol–water partition coefficient (Wildman–Crippen LogP) is 3.65. The number of carbonyl (C=O) groups is 1. The number of halogens is 1. The molecule has 1 aliphatic rings. The lowest BCUT2D eigenvalue weighted by Gasteiger charge is -2.25. The van der Waals surface area contributed by atoms with Crippen molar-refractivity contribution in [1.29, 1.82) is 0 Å². The Morgan fingerprint density at radius 3 is 2.71 bits per heavy atom. The molecule has 1 amide bonds. The first kappa shape index (κ1) is 25.4. The summed E-state index contributed by atoms with van der Waals surface area (Å²) in [5, 5.41) is 10.1. The quantitative estimate of drug-likeness (QED) is 0.410. The van der Waals surface area contributed by atoms with Crippen LogP contribution in [0.15, 0.2) is 53.3 Å². The molecule has 186 valence electrons. The van der Waals surface area contributed by atoms with Crippen LogP contribution in [0.1, 0.15) is 36.9 Å². The Hall–Kier alpha value is -2.74. The molecule has 0 aliphatic carbocycles. The minimum absolute atomic E-state index is 0.0528. The molecule has 4 rings (SSSR count). The van der Waals surface area contributed by atoms with E-state index in [1.54, 1.807) is 11.8 Å². The summed E-state index contributed by atoms with van der Waals surface area (Å²) in [7, 11) is 1.64. The van der Waals surface area contributed by atoms with Crippen LogP contribution in [0.5, 0.6) is 0 Å². The molecule has 0 spiro atoms. The Kier molecular flexibility index (Phi) is 8.90. The predicted molar refractivity (Wildman–Crippen MR) is 139 cm³/mol. The van der Waals surface area contributed by atoms with E-state index in [0.29, 0.717) is 42.9 Å². The Balaban J connectivity index is 1.47. The molecule has 7 nitrogen and oxygen atoms in total. The van der Waals surface area contributed by atoms with Crippen LogP contribution in [-0.2, 0) is 22.5 Å². The number of carbonyl (C=O) groups excluding carboxylic acids is 1. The molecule has 2 aromatic carbocycles.